The fraction of sp³-hybridized carbons (Fsp3) is 1.00. The number of alkyl halides is 1. The van der Waals surface area contributed by atoms with Crippen LogP contribution in [0.3, 0.4) is 0 Å². The van der Waals surface area contributed by atoms with Crippen molar-refractivity contribution in [1.29, 1.82) is 0 Å². The summed E-state index contributed by atoms with van der Waals surface area (Å²) < 4.78 is 1.00. The summed E-state index contributed by atoms with van der Waals surface area (Å²) in [6, 6.07) is 0.768. The summed E-state index contributed by atoms with van der Waals surface area (Å²) in [7, 11) is 0. The molecule has 0 N–H and O–H groups in total. The number of piperidine rings is 2. The van der Waals surface area contributed by atoms with Crippen LogP contribution in [0.5, 0.6) is 0 Å². The number of nitrogens with zero attached hydrogens (tertiary/aromatic N) is 1. The van der Waals surface area contributed by atoms with Crippen LogP contribution in [0.4, 0.5) is 0 Å². The van der Waals surface area contributed by atoms with Crippen molar-refractivity contribution in [3.8, 4) is 0 Å². The van der Waals surface area contributed by atoms with Crippen LogP contribution >= 0.6 is 22.6 Å². The summed E-state index contributed by atoms with van der Waals surface area (Å²) in [5, 5.41) is 0. The molecule has 0 aromatic heterocycles. The highest BCUT2D eigenvalue weighted by molar-refractivity contribution is 14.1. The molecule has 2 bridgehead atoms. The summed E-state index contributed by atoms with van der Waals surface area (Å²) in [4.78, 5) is 2.63. The van der Waals surface area contributed by atoms with E-state index in [1.807, 2.05) is 0 Å². The van der Waals surface area contributed by atoms with Crippen LogP contribution in [-0.2, 0) is 0 Å². The van der Waals surface area contributed by atoms with Gasteiger partial charge in [-0.3, -0.25) is 0 Å². The molecule has 2 heteroatoms. The lowest BCUT2D eigenvalue weighted by atomic mass is 9.71. The Balaban J connectivity index is 1.94. The van der Waals surface area contributed by atoms with Gasteiger partial charge in [-0.2, -0.15) is 0 Å². The normalized spacial score (nSPS) is 44.2. The Morgan fingerprint density at radius 3 is 2.18 bits per heavy atom. The molecule has 2 unspecified atom stereocenters. The molecule has 2 heterocycles. The van der Waals surface area contributed by atoms with Gasteiger partial charge in [-0.05, 0) is 32.1 Å². The van der Waals surface area contributed by atoms with E-state index in [-0.39, 0.29) is 0 Å². The van der Waals surface area contributed by atoms with Gasteiger partial charge in [0.25, 0.3) is 0 Å². The molecular weight excluding hydrogens is 249 g/mol. The third-order valence-corrected chi connectivity index (χ3v) is 5.21. The van der Waals surface area contributed by atoms with Crippen LogP contribution in [0.1, 0.15) is 20.3 Å². The van der Waals surface area contributed by atoms with E-state index >= 15 is 0 Å². The maximum atomic E-state index is 2.64. The number of fused-ring (bicyclic) bond motifs is 2. The minimum Gasteiger partial charge on any atom is -0.300 e. The van der Waals surface area contributed by atoms with E-state index in [9.17, 15) is 0 Å². The third kappa shape index (κ3) is 1.32. The van der Waals surface area contributed by atoms with E-state index in [0.717, 1.165) is 21.8 Å². The zero-order valence-corrected chi connectivity index (χ0v) is 9.41. The number of halogens is 1. The molecule has 0 spiro atoms. The van der Waals surface area contributed by atoms with Crippen LogP contribution in [0.15, 0.2) is 0 Å². The van der Waals surface area contributed by atoms with E-state index in [4.69, 9.17) is 0 Å². The minimum atomic E-state index is 0.768. The van der Waals surface area contributed by atoms with Gasteiger partial charge in [0.15, 0.2) is 0 Å². The van der Waals surface area contributed by atoms with Crippen LogP contribution in [0.25, 0.3) is 0 Å². The number of hydrogen-bond donors (Lipinski definition) is 0. The van der Waals surface area contributed by atoms with E-state index in [2.05, 4.69) is 41.3 Å². The second kappa shape index (κ2) is 2.87. The maximum Gasteiger partial charge on any atom is 0.0191 e. The first-order chi connectivity index (χ1) is 5.18. The van der Waals surface area contributed by atoms with E-state index in [1.54, 1.807) is 0 Å². The molecule has 0 aromatic rings. The quantitative estimate of drug-likeness (QED) is 0.518. The molecule has 3 rings (SSSR count). The molecule has 1 aliphatic carbocycles. The van der Waals surface area contributed by atoms with Crippen molar-refractivity contribution in [1.82, 2.24) is 4.90 Å². The van der Waals surface area contributed by atoms with Crippen LogP contribution in [0, 0.1) is 11.8 Å². The molecular formula is C9H16IN. The predicted molar refractivity (Wildman–Crippen MR) is 56.1 cm³/mol. The van der Waals surface area contributed by atoms with E-state index in [0.29, 0.717) is 0 Å². The van der Waals surface area contributed by atoms with Crippen molar-refractivity contribution in [3.63, 3.8) is 0 Å². The lowest BCUT2D eigenvalue weighted by Gasteiger charge is -2.52. The number of rotatable bonds is 1. The van der Waals surface area contributed by atoms with Gasteiger partial charge in [0.05, 0.1) is 0 Å². The van der Waals surface area contributed by atoms with Gasteiger partial charge in [-0.1, -0.05) is 22.6 Å². The molecule has 1 saturated carbocycles. The molecule has 2 aliphatic heterocycles. The van der Waals surface area contributed by atoms with Crippen LogP contribution < -0.4 is 0 Å². The van der Waals surface area contributed by atoms with Crippen molar-refractivity contribution < 1.29 is 0 Å². The van der Waals surface area contributed by atoms with Gasteiger partial charge in [0, 0.05) is 23.1 Å². The standard InChI is InChI=1S/C9H16IN/c1-6(2)11-4-7-3-8(5-11)9(7)10/h6-9H,3-5H2,1-2H3. The van der Waals surface area contributed by atoms with Crippen LogP contribution in [0.2, 0.25) is 0 Å². The van der Waals surface area contributed by atoms with Gasteiger partial charge in [-0.15, -0.1) is 0 Å². The smallest absolute Gasteiger partial charge is 0.0191 e. The lowest BCUT2D eigenvalue weighted by Crippen LogP contribution is -2.57. The lowest BCUT2D eigenvalue weighted by molar-refractivity contribution is 0.0236. The second-order valence-electron chi connectivity index (χ2n) is 4.25. The summed E-state index contributed by atoms with van der Waals surface area (Å²) in [5.74, 6) is 2.05. The first-order valence-corrected chi connectivity index (χ1v) is 5.81. The molecule has 1 nitrogen and oxygen atoms in total. The fourth-order valence-electron chi connectivity index (χ4n) is 2.29. The van der Waals surface area contributed by atoms with E-state index in [1.165, 1.54) is 19.5 Å². The summed E-state index contributed by atoms with van der Waals surface area (Å²) in [5.41, 5.74) is 0. The highest BCUT2D eigenvalue weighted by atomic mass is 127. The molecule has 3 fully saturated rings. The topological polar surface area (TPSA) is 3.24 Å². The Morgan fingerprint density at radius 2 is 1.82 bits per heavy atom. The zero-order chi connectivity index (χ0) is 8.01. The summed E-state index contributed by atoms with van der Waals surface area (Å²) >= 11 is 2.64. The Hall–Kier alpha value is 0.690. The molecule has 64 valence electrons. The first kappa shape index (κ1) is 8.30. The highest BCUT2D eigenvalue weighted by Crippen LogP contribution is 2.45. The second-order valence-corrected chi connectivity index (χ2v) is 5.69. The molecule has 0 aromatic carbocycles. The van der Waals surface area contributed by atoms with E-state index < -0.39 is 0 Å². The van der Waals surface area contributed by atoms with Gasteiger partial charge in [-0.25, -0.2) is 0 Å². The average Bonchev–Trinajstić information content (AvgIpc) is 2.03. The third-order valence-electron chi connectivity index (χ3n) is 3.17. The van der Waals surface area contributed by atoms with Gasteiger partial charge in [0.2, 0.25) is 0 Å². The van der Waals surface area contributed by atoms with Gasteiger partial charge < -0.3 is 4.90 Å². The Bertz CT molecular complexity index is 146. The molecule has 2 atom stereocenters. The Labute approximate surface area is 82.7 Å². The first-order valence-electron chi connectivity index (χ1n) is 4.56. The zero-order valence-electron chi connectivity index (χ0n) is 7.26. The minimum absolute atomic E-state index is 0.768. The maximum absolute atomic E-state index is 2.64. The molecule has 3 aliphatic rings. The SMILES string of the molecule is CC(C)N1CC2CC(C1)C2I. The average molecular weight is 265 g/mol. The van der Waals surface area contributed by atoms with Crippen molar-refractivity contribution >= 4 is 22.6 Å². The molecule has 2 saturated heterocycles. The monoisotopic (exact) mass is 265 g/mol. The predicted octanol–water partition coefficient (Wildman–Crippen LogP) is 2.15. The Kier molecular flexibility index (Phi) is 2.17. The Morgan fingerprint density at radius 1 is 1.27 bits per heavy atom. The van der Waals surface area contributed by atoms with Crippen molar-refractivity contribution in [2.24, 2.45) is 11.8 Å². The van der Waals surface area contributed by atoms with Gasteiger partial charge >= 0.3 is 0 Å². The molecule has 0 amide bonds. The summed E-state index contributed by atoms with van der Waals surface area (Å²) in [6.45, 7) is 7.35. The highest BCUT2D eigenvalue weighted by Gasteiger charge is 2.45. The van der Waals surface area contributed by atoms with Crippen molar-refractivity contribution in [2.45, 2.75) is 30.2 Å². The fourth-order valence-corrected chi connectivity index (χ4v) is 3.33. The summed E-state index contributed by atoms with van der Waals surface area (Å²) in [6.07, 6.45) is 1.51. The largest absolute Gasteiger partial charge is 0.300 e. The van der Waals surface area contributed by atoms with Gasteiger partial charge in [0.1, 0.15) is 0 Å². The van der Waals surface area contributed by atoms with Crippen molar-refractivity contribution in [3.05, 3.63) is 0 Å². The van der Waals surface area contributed by atoms with Crippen LogP contribution in [-0.4, -0.2) is 28.0 Å². The number of hydrogen-bond acceptors (Lipinski definition) is 1. The molecule has 11 heavy (non-hydrogen) atoms. The molecule has 0 radical (unpaired) electrons. The van der Waals surface area contributed by atoms with Crippen molar-refractivity contribution in [2.75, 3.05) is 13.1 Å².